The summed E-state index contributed by atoms with van der Waals surface area (Å²) in [5.41, 5.74) is 0. The van der Waals surface area contributed by atoms with Gasteiger partial charge < -0.3 is 14.1 Å². The summed E-state index contributed by atoms with van der Waals surface area (Å²) >= 11 is 0. The van der Waals surface area contributed by atoms with Crippen molar-refractivity contribution in [3.05, 3.63) is 24.2 Å². The largest absolute Gasteiger partial charge is 0.462 e. The highest BCUT2D eigenvalue weighted by atomic mass is 16.5. The van der Waals surface area contributed by atoms with Crippen molar-refractivity contribution in [2.24, 2.45) is 17.8 Å². The average Bonchev–Trinajstić information content (AvgIpc) is 3.07. The van der Waals surface area contributed by atoms with Crippen LogP contribution in [0.4, 0.5) is 0 Å². The number of likely N-dealkylation sites (tertiary alicyclic amines) is 1. The second-order valence-corrected chi connectivity index (χ2v) is 7.52. The van der Waals surface area contributed by atoms with E-state index in [4.69, 9.17) is 9.15 Å². The van der Waals surface area contributed by atoms with Gasteiger partial charge in [0.1, 0.15) is 6.10 Å². The van der Waals surface area contributed by atoms with E-state index in [0.717, 1.165) is 12.8 Å². The summed E-state index contributed by atoms with van der Waals surface area (Å²) < 4.78 is 10.9. The number of amides is 1. The minimum Gasteiger partial charge on any atom is -0.462 e. The van der Waals surface area contributed by atoms with Gasteiger partial charge in [-0.25, -0.2) is 0 Å². The molecule has 5 nitrogen and oxygen atoms in total. The third kappa shape index (κ3) is 4.00. The number of hydrogen-bond acceptors (Lipinski definition) is 4. The fourth-order valence-electron chi connectivity index (χ4n) is 4.10. The Balaban J connectivity index is 1.47. The van der Waals surface area contributed by atoms with Crippen molar-refractivity contribution in [3.63, 3.8) is 0 Å². The molecule has 2 atom stereocenters. The van der Waals surface area contributed by atoms with Gasteiger partial charge in [0.25, 0.3) is 5.91 Å². The van der Waals surface area contributed by atoms with E-state index in [1.54, 1.807) is 17.0 Å². The van der Waals surface area contributed by atoms with Gasteiger partial charge in [0.2, 0.25) is 0 Å². The highest BCUT2D eigenvalue weighted by Crippen LogP contribution is 2.31. The maximum Gasteiger partial charge on any atom is 0.309 e. The summed E-state index contributed by atoms with van der Waals surface area (Å²) in [5, 5.41) is 0. The summed E-state index contributed by atoms with van der Waals surface area (Å²) in [6.45, 7) is 5.62. The van der Waals surface area contributed by atoms with Crippen molar-refractivity contribution >= 4 is 11.9 Å². The number of ether oxygens (including phenoxy) is 1. The molecule has 0 bridgehead atoms. The molecule has 1 aromatic heterocycles. The average molecular weight is 333 g/mol. The molecule has 1 aliphatic heterocycles. The van der Waals surface area contributed by atoms with Crippen LogP contribution in [0.5, 0.6) is 0 Å². The Bertz CT molecular complexity index is 550. The minimum absolute atomic E-state index is 0.0685. The van der Waals surface area contributed by atoms with E-state index in [9.17, 15) is 9.59 Å². The quantitative estimate of drug-likeness (QED) is 0.794. The molecule has 1 saturated heterocycles. The predicted molar refractivity (Wildman–Crippen MR) is 89.4 cm³/mol. The van der Waals surface area contributed by atoms with Crippen LogP contribution < -0.4 is 0 Å². The fraction of sp³-hybridized carbons (Fsp3) is 0.684. The number of furan rings is 1. The molecule has 2 unspecified atom stereocenters. The highest BCUT2D eigenvalue weighted by Gasteiger charge is 2.32. The van der Waals surface area contributed by atoms with Crippen LogP contribution in [-0.2, 0) is 9.53 Å². The molecule has 24 heavy (non-hydrogen) atoms. The molecule has 3 rings (SSSR count). The molecule has 132 valence electrons. The molecule has 0 spiro atoms. The molecule has 5 heteroatoms. The zero-order valence-corrected chi connectivity index (χ0v) is 14.6. The zero-order chi connectivity index (χ0) is 17.1. The highest BCUT2D eigenvalue weighted by molar-refractivity contribution is 5.91. The third-order valence-corrected chi connectivity index (χ3v) is 5.27. The lowest BCUT2D eigenvalue weighted by molar-refractivity contribution is -0.158. The zero-order valence-electron chi connectivity index (χ0n) is 14.6. The first-order valence-corrected chi connectivity index (χ1v) is 9.06. The lowest BCUT2D eigenvalue weighted by Gasteiger charge is -2.34. The predicted octanol–water partition coefficient (Wildman–Crippen LogP) is 3.50. The van der Waals surface area contributed by atoms with Crippen LogP contribution in [0.2, 0.25) is 0 Å². The molecule has 0 radical (unpaired) electrons. The number of hydrogen-bond donors (Lipinski definition) is 0. The molecule has 1 aliphatic carbocycles. The van der Waals surface area contributed by atoms with Crippen molar-refractivity contribution in [2.75, 3.05) is 13.1 Å². The van der Waals surface area contributed by atoms with E-state index in [2.05, 4.69) is 13.8 Å². The van der Waals surface area contributed by atoms with E-state index in [0.29, 0.717) is 43.5 Å². The van der Waals surface area contributed by atoms with Crippen molar-refractivity contribution in [3.8, 4) is 0 Å². The molecule has 0 aromatic carbocycles. The summed E-state index contributed by atoms with van der Waals surface area (Å²) in [7, 11) is 0. The number of rotatable bonds is 3. The standard InChI is InChI=1S/C19H27NO4/c1-13-10-14(2)12-16(11-13)24-19(22)15-5-7-20(8-6-15)18(21)17-4-3-9-23-17/h3-4,9,13-16H,5-8,10-12H2,1-2H3. The molecule has 1 amide bonds. The van der Waals surface area contributed by atoms with Crippen LogP contribution in [0.1, 0.15) is 56.5 Å². The molecule has 2 heterocycles. The topological polar surface area (TPSA) is 59.8 Å². The maximum absolute atomic E-state index is 12.4. The molecular weight excluding hydrogens is 306 g/mol. The Hall–Kier alpha value is -1.78. The SMILES string of the molecule is CC1CC(C)CC(OC(=O)C2CCN(C(=O)c3ccco3)CC2)C1. The van der Waals surface area contributed by atoms with Gasteiger partial charge in [-0.05, 0) is 56.1 Å². The van der Waals surface area contributed by atoms with E-state index in [-0.39, 0.29) is 23.9 Å². The monoisotopic (exact) mass is 333 g/mol. The normalized spacial score (nSPS) is 28.6. The van der Waals surface area contributed by atoms with Gasteiger partial charge in [-0.2, -0.15) is 0 Å². The Morgan fingerprint density at radius 1 is 1.12 bits per heavy atom. The third-order valence-electron chi connectivity index (χ3n) is 5.27. The summed E-state index contributed by atoms with van der Waals surface area (Å²) in [5.74, 6) is 1.35. The molecule has 1 saturated carbocycles. The Morgan fingerprint density at radius 2 is 1.79 bits per heavy atom. The molecule has 1 aromatic rings. The summed E-state index contributed by atoms with van der Waals surface area (Å²) in [6, 6.07) is 3.39. The smallest absolute Gasteiger partial charge is 0.309 e. The van der Waals surface area contributed by atoms with Crippen LogP contribution in [0, 0.1) is 17.8 Å². The molecular formula is C19H27NO4. The molecule has 0 N–H and O–H groups in total. The number of carbonyl (C=O) groups excluding carboxylic acids is 2. The van der Waals surface area contributed by atoms with Gasteiger partial charge in [0.15, 0.2) is 5.76 Å². The van der Waals surface area contributed by atoms with Gasteiger partial charge in [-0.1, -0.05) is 13.8 Å². The summed E-state index contributed by atoms with van der Waals surface area (Å²) in [4.78, 5) is 26.4. The van der Waals surface area contributed by atoms with E-state index >= 15 is 0 Å². The van der Waals surface area contributed by atoms with E-state index in [1.165, 1.54) is 12.7 Å². The Morgan fingerprint density at radius 3 is 2.38 bits per heavy atom. The van der Waals surface area contributed by atoms with Crippen molar-refractivity contribution < 1.29 is 18.7 Å². The van der Waals surface area contributed by atoms with Gasteiger partial charge in [-0.15, -0.1) is 0 Å². The van der Waals surface area contributed by atoms with Gasteiger partial charge >= 0.3 is 5.97 Å². The van der Waals surface area contributed by atoms with Crippen LogP contribution >= 0.6 is 0 Å². The second kappa shape index (κ2) is 7.41. The van der Waals surface area contributed by atoms with Crippen molar-refractivity contribution in [1.29, 1.82) is 0 Å². The summed E-state index contributed by atoms with van der Waals surface area (Å²) in [6.07, 6.45) is 6.09. The van der Waals surface area contributed by atoms with E-state index in [1.807, 2.05) is 0 Å². The number of carbonyl (C=O) groups is 2. The van der Waals surface area contributed by atoms with Gasteiger partial charge in [-0.3, -0.25) is 9.59 Å². The van der Waals surface area contributed by atoms with Crippen LogP contribution in [0.3, 0.4) is 0 Å². The minimum atomic E-state index is -0.0956. The number of nitrogens with zero attached hydrogens (tertiary/aromatic N) is 1. The number of piperidine rings is 1. The Labute approximate surface area is 143 Å². The van der Waals surface area contributed by atoms with Gasteiger partial charge in [0.05, 0.1) is 12.2 Å². The van der Waals surface area contributed by atoms with Crippen LogP contribution in [0.25, 0.3) is 0 Å². The fourth-order valence-corrected chi connectivity index (χ4v) is 4.10. The van der Waals surface area contributed by atoms with E-state index < -0.39 is 0 Å². The first-order chi connectivity index (χ1) is 11.5. The Kier molecular flexibility index (Phi) is 5.27. The number of esters is 1. The second-order valence-electron chi connectivity index (χ2n) is 7.52. The van der Waals surface area contributed by atoms with Gasteiger partial charge in [0, 0.05) is 13.1 Å². The first kappa shape index (κ1) is 17.1. The lowest BCUT2D eigenvalue weighted by Crippen LogP contribution is -2.41. The first-order valence-electron chi connectivity index (χ1n) is 9.06. The van der Waals surface area contributed by atoms with Crippen molar-refractivity contribution in [1.82, 2.24) is 4.90 Å². The maximum atomic E-state index is 12.4. The van der Waals surface area contributed by atoms with Crippen LogP contribution in [-0.4, -0.2) is 36.0 Å². The van der Waals surface area contributed by atoms with Crippen molar-refractivity contribution in [2.45, 2.75) is 52.1 Å². The molecule has 2 fully saturated rings. The van der Waals surface area contributed by atoms with Crippen LogP contribution in [0.15, 0.2) is 22.8 Å². The lowest BCUT2D eigenvalue weighted by atomic mass is 9.81. The molecule has 2 aliphatic rings.